The highest BCUT2D eigenvalue weighted by atomic mass is 32.7. The van der Waals surface area contributed by atoms with Crippen molar-refractivity contribution in [2.24, 2.45) is 0 Å². The number of methoxy groups -OCH3 is 1. The molecule has 11 heteroatoms. The number of imidazole rings is 1. The van der Waals surface area contributed by atoms with Gasteiger partial charge in [-0.2, -0.15) is 0 Å². The number of nitrogens with zero attached hydrogens (tertiary/aromatic N) is 3. The van der Waals surface area contributed by atoms with Crippen molar-refractivity contribution in [3.63, 3.8) is 0 Å². The maximum Gasteiger partial charge on any atom is 0.295 e. The van der Waals surface area contributed by atoms with Crippen molar-refractivity contribution in [3.05, 3.63) is 12.7 Å². The molecule has 5 unspecified atom stereocenters. The summed E-state index contributed by atoms with van der Waals surface area (Å²) in [5.74, 6) is 0.346. The van der Waals surface area contributed by atoms with E-state index in [0.717, 1.165) is 0 Å². The van der Waals surface area contributed by atoms with E-state index in [1.165, 1.54) is 12.7 Å². The molecule has 9 nitrogen and oxygen atoms in total. The van der Waals surface area contributed by atoms with Crippen LogP contribution < -0.4 is 10.3 Å². The molecule has 22 heavy (non-hydrogen) atoms. The lowest BCUT2D eigenvalue weighted by atomic mass is 10.1. The molecule has 0 spiro atoms. The summed E-state index contributed by atoms with van der Waals surface area (Å²) in [6.07, 6.45) is 1.13. The Morgan fingerprint density at radius 3 is 3.05 bits per heavy atom. The number of H-pyrrole nitrogens is 1. The zero-order valence-corrected chi connectivity index (χ0v) is 13.6. The number of hydrogen-bond acceptors (Lipinski definition) is 8. The Bertz CT molecular complexity index is 658. The summed E-state index contributed by atoms with van der Waals surface area (Å²) in [7, 11) is 1.52. The van der Waals surface area contributed by atoms with Crippen LogP contribution in [-0.4, -0.2) is 52.1 Å². The van der Waals surface area contributed by atoms with E-state index in [1.807, 2.05) is 0 Å². The highest BCUT2D eigenvalue weighted by Gasteiger charge is 2.49. The Labute approximate surface area is 133 Å². The number of nitrogen functional groups attached to an aromatic ring is 1. The van der Waals surface area contributed by atoms with Crippen LogP contribution >= 0.6 is 20.3 Å². The third kappa shape index (κ3) is 2.55. The lowest BCUT2D eigenvalue weighted by Gasteiger charge is -2.20. The summed E-state index contributed by atoms with van der Waals surface area (Å²) in [4.78, 5) is 11.3. The molecule has 2 aromatic rings. The van der Waals surface area contributed by atoms with Gasteiger partial charge in [0.1, 0.15) is 18.3 Å². The van der Waals surface area contributed by atoms with Gasteiger partial charge in [0.15, 0.2) is 11.8 Å². The van der Waals surface area contributed by atoms with Crippen molar-refractivity contribution >= 4 is 37.2 Å². The minimum atomic E-state index is -0.546. The molecule has 120 valence electrons. The van der Waals surface area contributed by atoms with Crippen LogP contribution in [0, 0.1) is 0 Å². The van der Waals surface area contributed by atoms with Gasteiger partial charge in [-0.15, -0.1) is 12.2 Å². The Morgan fingerprint density at radius 2 is 2.36 bits per heavy atom. The fourth-order valence-electron chi connectivity index (χ4n) is 2.63. The Hall–Kier alpha value is -1.03. The van der Waals surface area contributed by atoms with Crippen molar-refractivity contribution in [1.29, 1.82) is 0 Å². The highest BCUT2D eigenvalue weighted by Crippen LogP contribution is 2.35. The average molecular weight is 346 g/mol. The number of aliphatic hydroxyl groups is 1. The minimum Gasteiger partial charge on any atom is -0.394 e. The smallest absolute Gasteiger partial charge is 0.295 e. The van der Waals surface area contributed by atoms with E-state index in [9.17, 15) is 5.11 Å². The topological polar surface area (TPSA) is 119 Å². The predicted molar refractivity (Wildman–Crippen MR) is 82.5 cm³/mol. The van der Waals surface area contributed by atoms with Crippen LogP contribution in [0.3, 0.4) is 0 Å². The third-order valence-corrected chi connectivity index (χ3v) is 4.34. The van der Waals surface area contributed by atoms with Crippen LogP contribution in [0.2, 0.25) is 0 Å². The normalized spacial score (nSPS) is 29.0. The van der Waals surface area contributed by atoms with E-state index in [0.29, 0.717) is 17.0 Å². The van der Waals surface area contributed by atoms with Gasteiger partial charge in [0.25, 0.3) is 5.65 Å². The van der Waals surface area contributed by atoms with E-state index in [2.05, 4.69) is 27.2 Å². The molecule has 1 fully saturated rings. The number of nitrogens with one attached hydrogen (secondary N) is 1. The number of aromatic nitrogens is 4. The van der Waals surface area contributed by atoms with Gasteiger partial charge in [0.2, 0.25) is 18.4 Å². The van der Waals surface area contributed by atoms with Crippen LogP contribution in [0.15, 0.2) is 12.7 Å². The van der Waals surface area contributed by atoms with Crippen molar-refractivity contribution in [2.45, 2.75) is 24.5 Å². The molecule has 0 bridgehead atoms. The number of thiol groups is 1. The first-order valence-electron chi connectivity index (χ1n) is 6.53. The summed E-state index contributed by atoms with van der Waals surface area (Å²) < 4.78 is 18.7. The lowest BCUT2D eigenvalue weighted by molar-refractivity contribution is -0.747. The van der Waals surface area contributed by atoms with Gasteiger partial charge in [-0.05, 0) is 0 Å². The van der Waals surface area contributed by atoms with E-state index in [1.54, 1.807) is 11.7 Å². The van der Waals surface area contributed by atoms with E-state index in [4.69, 9.17) is 19.7 Å². The molecule has 3 rings (SSSR count). The zero-order chi connectivity index (χ0) is 15.7. The van der Waals surface area contributed by atoms with Gasteiger partial charge >= 0.3 is 0 Å². The van der Waals surface area contributed by atoms with Gasteiger partial charge in [0, 0.05) is 7.11 Å². The maximum absolute atomic E-state index is 9.51. The molecule has 0 aromatic carbocycles. The number of nitrogens with two attached hydrogens (primary N) is 1. The highest BCUT2D eigenvalue weighted by molar-refractivity contribution is 8.36. The molecule has 0 aliphatic carbocycles. The number of hydrogen-bond donors (Lipinski definition) is 4. The molecule has 0 radical (unpaired) electrons. The molecule has 3 heterocycles. The molecular formula is C11H17N5O4PS+. The summed E-state index contributed by atoms with van der Waals surface area (Å²) in [5.41, 5.74) is 7.02. The second-order valence-corrected chi connectivity index (χ2v) is 5.73. The average Bonchev–Trinajstić information content (AvgIpc) is 3.13. The minimum absolute atomic E-state index is 0.0409. The molecule has 1 saturated heterocycles. The van der Waals surface area contributed by atoms with E-state index >= 15 is 0 Å². The van der Waals surface area contributed by atoms with Gasteiger partial charge in [-0.1, -0.05) is 9.97 Å². The summed E-state index contributed by atoms with van der Waals surface area (Å²) in [6, 6.07) is 0. The predicted octanol–water partition coefficient (Wildman–Crippen LogP) is -0.444. The van der Waals surface area contributed by atoms with Gasteiger partial charge in [0.05, 0.1) is 14.6 Å². The fourth-order valence-corrected chi connectivity index (χ4v) is 3.41. The van der Waals surface area contributed by atoms with E-state index in [-0.39, 0.29) is 14.6 Å². The molecule has 0 amide bonds. The molecule has 0 saturated carbocycles. The van der Waals surface area contributed by atoms with Gasteiger partial charge < -0.3 is 29.8 Å². The fraction of sp³-hybridized carbons (Fsp3) is 0.545. The van der Waals surface area contributed by atoms with Crippen molar-refractivity contribution in [1.82, 2.24) is 15.0 Å². The second kappa shape index (κ2) is 6.61. The molecule has 1 aliphatic heterocycles. The number of rotatable bonds is 5. The largest absolute Gasteiger partial charge is 0.394 e. The number of anilines is 1. The van der Waals surface area contributed by atoms with Crippen LogP contribution in [0.4, 0.5) is 5.82 Å². The Balaban J connectivity index is 2.02. The summed E-state index contributed by atoms with van der Waals surface area (Å²) in [6.45, 7) is -0.189. The number of aromatic amines is 1. The number of ether oxygens (including phenoxy) is 2. The SMILES string of the molecule is COC1C(OPS)C(CO)OC1[n+]1cnc(N)c2[nH]cnc21. The van der Waals surface area contributed by atoms with Crippen LogP contribution in [0.1, 0.15) is 6.23 Å². The lowest BCUT2D eigenvalue weighted by Crippen LogP contribution is -2.48. The maximum atomic E-state index is 9.51. The summed E-state index contributed by atoms with van der Waals surface area (Å²) in [5, 5.41) is 9.51. The number of aliphatic hydroxyl groups excluding tert-OH is 1. The standard InChI is InChI=1S/C11H16N5O4PS/c1-18-8-7(20-21-22)5(2-17)19-11(8)16-4-15-9(12)6-10(16)14-3-13-6/h3-5,7-8,11,17,21-22H,2H2,1H3,(H2,12,13,14)/p+1. The third-order valence-electron chi connectivity index (χ3n) is 3.64. The molecule has 2 aromatic heterocycles. The van der Waals surface area contributed by atoms with Gasteiger partial charge in [-0.25, -0.2) is 4.57 Å². The first-order chi connectivity index (χ1) is 10.7. The van der Waals surface area contributed by atoms with Crippen molar-refractivity contribution in [2.75, 3.05) is 19.5 Å². The first-order valence-corrected chi connectivity index (χ1v) is 8.73. The molecular weight excluding hydrogens is 329 g/mol. The number of fused-ring (bicyclic) bond motifs is 1. The van der Waals surface area contributed by atoms with E-state index < -0.39 is 24.5 Å². The Morgan fingerprint density at radius 1 is 1.55 bits per heavy atom. The van der Waals surface area contributed by atoms with Crippen molar-refractivity contribution in [3.8, 4) is 0 Å². The molecule has 4 N–H and O–H groups in total. The van der Waals surface area contributed by atoms with Crippen LogP contribution in [0.25, 0.3) is 11.2 Å². The monoisotopic (exact) mass is 346 g/mol. The van der Waals surface area contributed by atoms with Crippen molar-refractivity contribution < 1.29 is 23.7 Å². The molecule has 5 atom stereocenters. The van der Waals surface area contributed by atoms with Crippen LogP contribution in [0.5, 0.6) is 0 Å². The first kappa shape index (κ1) is 15.9. The molecule has 1 aliphatic rings. The van der Waals surface area contributed by atoms with Crippen LogP contribution in [-0.2, 0) is 14.0 Å². The van der Waals surface area contributed by atoms with Gasteiger partial charge in [-0.3, -0.25) is 0 Å². The Kier molecular flexibility index (Phi) is 4.76. The second-order valence-electron chi connectivity index (χ2n) is 4.76. The quantitative estimate of drug-likeness (QED) is 0.329. The summed E-state index contributed by atoms with van der Waals surface area (Å²) >= 11 is 4.09. The zero-order valence-electron chi connectivity index (χ0n) is 11.7.